The molecule has 4 aliphatic rings. The van der Waals surface area contributed by atoms with Crippen molar-refractivity contribution in [3.05, 3.63) is 27.9 Å². The van der Waals surface area contributed by atoms with Crippen molar-refractivity contribution >= 4 is 72.4 Å². The third-order valence-corrected chi connectivity index (χ3v) is 11.6. The summed E-state index contributed by atoms with van der Waals surface area (Å²) in [4.78, 5) is 42.2. The van der Waals surface area contributed by atoms with Crippen molar-refractivity contribution in [3.63, 3.8) is 0 Å². The Morgan fingerprint density at radius 1 is 1.13 bits per heavy atom. The second kappa shape index (κ2) is 10.2. The highest BCUT2D eigenvalue weighted by molar-refractivity contribution is 8.44. The first-order valence-corrected chi connectivity index (χ1v) is 18.2. The van der Waals surface area contributed by atoms with E-state index in [1.165, 1.54) is 17.2 Å². The Hall–Kier alpha value is -2.59. The van der Waals surface area contributed by atoms with Gasteiger partial charge in [0.1, 0.15) is 53.5 Å². The number of nitrogens with two attached hydrogens (primary N) is 2. The van der Waals surface area contributed by atoms with Crippen molar-refractivity contribution in [2.75, 3.05) is 24.7 Å². The number of ether oxygens (including phenoxy) is 2. The first-order valence-electron chi connectivity index (χ1n) is 13.3. The first-order chi connectivity index (χ1) is 21.3. The van der Waals surface area contributed by atoms with E-state index in [2.05, 4.69) is 41.5 Å². The maximum atomic E-state index is 13.5. The van der Waals surface area contributed by atoms with Gasteiger partial charge in [-0.3, -0.25) is 32.4 Å². The molecule has 2 unspecified atom stereocenters. The molecular formula is C21H23N9O11P2S2. The predicted molar refractivity (Wildman–Crippen MR) is 155 cm³/mol. The molecule has 4 fully saturated rings. The summed E-state index contributed by atoms with van der Waals surface area (Å²) in [5.41, 5.74) is 10.5. The SMILES string of the molecule is Nc1nc2c(ncn2[C@@H]2O[C@]34CO[P@@](=O)(S)O[C@H]5[C@@H](O)[C@H](c6snc7c(N)ncnc67)O[C@@H]5COP(=O)(O)O[C@@H]2C3C4)c(=O)[nH]1. The summed E-state index contributed by atoms with van der Waals surface area (Å²) in [6.07, 6.45) is -4.81. The van der Waals surface area contributed by atoms with Crippen LogP contribution in [0.3, 0.4) is 0 Å². The van der Waals surface area contributed by atoms with Crippen LogP contribution in [0.1, 0.15) is 23.6 Å². The molecule has 1 aliphatic carbocycles. The number of aromatic amines is 1. The maximum absolute atomic E-state index is 13.5. The fraction of sp³-hybridized carbons (Fsp3) is 0.524. The minimum Gasteiger partial charge on any atom is -0.387 e. The number of aliphatic hydroxyl groups excluding tert-OH is 1. The summed E-state index contributed by atoms with van der Waals surface area (Å²) >= 11 is 5.08. The van der Waals surface area contributed by atoms with Gasteiger partial charge in [0.25, 0.3) is 5.56 Å². The normalized spacial score (nSPS) is 40.0. The average molecular weight is 704 g/mol. The lowest BCUT2D eigenvalue weighted by atomic mass is 10.1. The van der Waals surface area contributed by atoms with Gasteiger partial charge in [0, 0.05) is 5.92 Å². The van der Waals surface area contributed by atoms with E-state index in [0.717, 1.165) is 11.5 Å². The number of hydrogen-bond donors (Lipinski definition) is 6. The number of phosphoric acid groups is 1. The zero-order valence-corrected chi connectivity index (χ0v) is 26.0. The van der Waals surface area contributed by atoms with Gasteiger partial charge in [0.15, 0.2) is 23.2 Å². The van der Waals surface area contributed by atoms with E-state index in [-0.39, 0.29) is 36.0 Å². The molecule has 4 aromatic heterocycles. The summed E-state index contributed by atoms with van der Waals surface area (Å²) in [7, 11) is -4.88. The highest BCUT2D eigenvalue weighted by atomic mass is 32.7. The van der Waals surface area contributed by atoms with Gasteiger partial charge in [-0.15, -0.1) is 0 Å². The number of phosphoric ester groups is 1. The summed E-state index contributed by atoms with van der Waals surface area (Å²) in [5.74, 6) is -0.614. The van der Waals surface area contributed by atoms with Crippen molar-refractivity contribution < 1.29 is 46.7 Å². The molecule has 8 rings (SSSR count). The highest BCUT2D eigenvalue weighted by Crippen LogP contribution is 2.67. The van der Waals surface area contributed by atoms with E-state index in [0.29, 0.717) is 15.9 Å². The quantitative estimate of drug-likeness (QED) is 0.122. The van der Waals surface area contributed by atoms with Gasteiger partial charge < -0.3 is 30.9 Å². The van der Waals surface area contributed by atoms with Crippen LogP contribution in [0.4, 0.5) is 11.8 Å². The molecule has 24 heteroatoms. The second-order valence-electron chi connectivity index (χ2n) is 10.9. The topological polar surface area (TPSA) is 284 Å². The first kappa shape index (κ1) is 29.8. The summed E-state index contributed by atoms with van der Waals surface area (Å²) in [6.45, 7) is -5.22. The zero-order chi connectivity index (χ0) is 31.5. The van der Waals surface area contributed by atoms with Gasteiger partial charge >= 0.3 is 14.6 Å². The van der Waals surface area contributed by atoms with E-state index in [9.17, 15) is 23.9 Å². The number of rotatable bonds is 2. The van der Waals surface area contributed by atoms with Gasteiger partial charge in [0.2, 0.25) is 5.95 Å². The molecule has 0 spiro atoms. The van der Waals surface area contributed by atoms with Crippen molar-refractivity contribution in [2.24, 2.45) is 5.92 Å². The van der Waals surface area contributed by atoms with Crippen LogP contribution in [0.2, 0.25) is 0 Å². The van der Waals surface area contributed by atoms with Crippen LogP contribution < -0.4 is 17.0 Å². The van der Waals surface area contributed by atoms with Crippen LogP contribution in [0.5, 0.6) is 0 Å². The van der Waals surface area contributed by atoms with Crippen LogP contribution in [0, 0.1) is 5.92 Å². The van der Waals surface area contributed by atoms with Gasteiger partial charge in [-0.2, -0.15) is 9.36 Å². The van der Waals surface area contributed by atoms with E-state index < -0.39 is 75.1 Å². The van der Waals surface area contributed by atoms with Crippen LogP contribution in [-0.2, 0) is 36.7 Å². The third kappa shape index (κ3) is 4.91. The lowest BCUT2D eigenvalue weighted by Crippen LogP contribution is -2.35. The number of nitrogen functional groups attached to an aromatic ring is 2. The number of hydrogen-bond acceptors (Lipinski definition) is 18. The molecule has 3 aliphatic heterocycles. The second-order valence-corrected chi connectivity index (χ2v) is 16.0. The standard InChI is InChI=1S/C21H23N9O11P2S2/c22-16-9-8(24-4-25-16)15(45-29-9)14-11(31)13-7(38-14)2-36-42(33,34)40-12-6-1-21(6,3-37-43(35,44)41-13)39-19(12)30-5-26-10-17(30)27-20(23)28-18(10)32/h4-7,11-14,19,31H,1-3H2,(H,33,34)(H,35,44)(H2,22,24,25)(H3,23,27,28,32)/t6?,7-,11-,12-,13-,14-,19-,21-,43-/m1/s1. The van der Waals surface area contributed by atoms with Crippen molar-refractivity contribution in [2.45, 2.75) is 48.8 Å². The minimum atomic E-state index is -4.88. The Morgan fingerprint density at radius 2 is 1.96 bits per heavy atom. The van der Waals surface area contributed by atoms with E-state index in [1.807, 2.05) is 0 Å². The van der Waals surface area contributed by atoms with Gasteiger partial charge in [-0.25, -0.2) is 24.1 Å². The van der Waals surface area contributed by atoms with E-state index in [1.54, 1.807) is 0 Å². The lowest BCUT2D eigenvalue weighted by molar-refractivity contribution is -0.0910. The fourth-order valence-electron chi connectivity index (χ4n) is 5.97. The molecule has 4 aromatic rings. The number of aromatic nitrogens is 7. The predicted octanol–water partition coefficient (Wildman–Crippen LogP) is 0.428. The van der Waals surface area contributed by atoms with Crippen LogP contribution in [0.25, 0.3) is 22.2 Å². The summed E-state index contributed by atoms with van der Waals surface area (Å²) in [6, 6.07) is 0. The maximum Gasteiger partial charge on any atom is 0.472 e. The monoisotopic (exact) mass is 703 g/mol. The lowest BCUT2D eigenvalue weighted by Gasteiger charge is -2.28. The van der Waals surface area contributed by atoms with Crippen molar-refractivity contribution in [1.29, 1.82) is 0 Å². The van der Waals surface area contributed by atoms with Crippen molar-refractivity contribution in [1.82, 2.24) is 33.9 Å². The average Bonchev–Trinajstić information content (AvgIpc) is 3.31. The largest absolute Gasteiger partial charge is 0.472 e. The number of fused-ring (bicyclic) bond motifs is 3. The van der Waals surface area contributed by atoms with Crippen LogP contribution >= 0.6 is 38.4 Å². The number of thiol groups is 1. The molecule has 0 aromatic carbocycles. The Bertz CT molecular complexity index is 2010. The molecule has 20 nitrogen and oxygen atoms in total. The molecule has 3 saturated heterocycles. The Morgan fingerprint density at radius 3 is 2.78 bits per heavy atom. The molecule has 2 bridgehead atoms. The summed E-state index contributed by atoms with van der Waals surface area (Å²) < 4.78 is 67.1. The molecule has 7 N–H and O–H groups in total. The van der Waals surface area contributed by atoms with Crippen LogP contribution in [-0.4, -0.2) is 87.1 Å². The van der Waals surface area contributed by atoms with Gasteiger partial charge in [-0.1, -0.05) is 12.2 Å². The van der Waals surface area contributed by atoms with E-state index >= 15 is 0 Å². The highest BCUT2D eigenvalue weighted by Gasteiger charge is 2.70. The fourth-order valence-corrected chi connectivity index (χ4v) is 9.34. The van der Waals surface area contributed by atoms with Gasteiger partial charge in [-0.05, 0) is 18.0 Å². The summed E-state index contributed by atoms with van der Waals surface area (Å²) in [5, 5.41) is 11.3. The zero-order valence-electron chi connectivity index (χ0n) is 22.5. The number of nitrogens with one attached hydrogen (secondary N) is 1. The molecule has 10 atom stereocenters. The Kier molecular flexibility index (Phi) is 6.75. The molecule has 240 valence electrons. The van der Waals surface area contributed by atoms with E-state index in [4.69, 9.17) is 39.0 Å². The van der Waals surface area contributed by atoms with Crippen LogP contribution in [0.15, 0.2) is 17.4 Å². The van der Waals surface area contributed by atoms with Crippen molar-refractivity contribution in [3.8, 4) is 0 Å². The molecule has 0 radical (unpaired) electrons. The third-order valence-electron chi connectivity index (χ3n) is 8.14. The number of nitrogens with zero attached hydrogens (tertiary/aromatic N) is 6. The number of anilines is 2. The number of imidazole rings is 1. The minimum absolute atomic E-state index is 0.0371. The Balaban J connectivity index is 1.12. The van der Waals surface area contributed by atoms with Gasteiger partial charge in [0.05, 0.1) is 24.4 Å². The smallest absolute Gasteiger partial charge is 0.387 e. The Labute approximate surface area is 259 Å². The number of H-pyrrole nitrogens is 1. The molecule has 7 heterocycles. The molecule has 45 heavy (non-hydrogen) atoms. The molecular weight excluding hydrogens is 680 g/mol. The molecule has 1 saturated carbocycles. The molecule has 0 amide bonds. The number of aliphatic hydroxyl groups is 1.